The first kappa shape index (κ1) is 22.7. The lowest BCUT2D eigenvalue weighted by molar-refractivity contribution is 0.0901. The fourth-order valence-electron chi connectivity index (χ4n) is 4.93. The van der Waals surface area contributed by atoms with E-state index >= 15 is 0 Å². The molecule has 2 aromatic heterocycles. The molecule has 1 amide bonds. The first-order chi connectivity index (χ1) is 15.5. The predicted molar refractivity (Wildman–Crippen MR) is 129 cm³/mol. The monoisotopic (exact) mass is 436 g/mol. The molecule has 172 valence electrons. The van der Waals surface area contributed by atoms with Crippen molar-refractivity contribution in [2.24, 2.45) is 5.92 Å². The van der Waals surface area contributed by atoms with Gasteiger partial charge in [-0.25, -0.2) is 4.98 Å². The molecule has 2 aliphatic heterocycles. The SMILES string of the molecule is CC1CN(c2cccc(C(=O)Nc3ccncc3)n2)CCN(C2CCN(C(C)C)CC2)C1. The van der Waals surface area contributed by atoms with Crippen LogP contribution in [0.5, 0.6) is 0 Å². The average Bonchev–Trinajstić information content (AvgIpc) is 3.01. The third-order valence-corrected chi connectivity index (χ3v) is 6.71. The summed E-state index contributed by atoms with van der Waals surface area (Å²) in [7, 11) is 0. The fourth-order valence-corrected chi connectivity index (χ4v) is 4.93. The van der Waals surface area contributed by atoms with Gasteiger partial charge in [0.2, 0.25) is 0 Å². The number of carbonyl (C=O) groups is 1. The van der Waals surface area contributed by atoms with Gasteiger partial charge in [-0.2, -0.15) is 0 Å². The van der Waals surface area contributed by atoms with Gasteiger partial charge in [0.15, 0.2) is 0 Å². The van der Waals surface area contributed by atoms with Crippen LogP contribution in [0.2, 0.25) is 0 Å². The number of aromatic nitrogens is 2. The van der Waals surface area contributed by atoms with Crippen molar-refractivity contribution in [3.63, 3.8) is 0 Å². The quantitative estimate of drug-likeness (QED) is 0.775. The van der Waals surface area contributed by atoms with Crippen molar-refractivity contribution in [1.29, 1.82) is 0 Å². The second-order valence-corrected chi connectivity index (χ2v) is 9.48. The Hall–Kier alpha value is -2.51. The minimum Gasteiger partial charge on any atom is -0.355 e. The van der Waals surface area contributed by atoms with Gasteiger partial charge in [-0.05, 0) is 70.0 Å². The van der Waals surface area contributed by atoms with E-state index in [1.165, 1.54) is 25.9 Å². The number of hydrogen-bond acceptors (Lipinski definition) is 6. The van der Waals surface area contributed by atoms with Gasteiger partial charge >= 0.3 is 0 Å². The Morgan fingerprint density at radius 1 is 1.03 bits per heavy atom. The molecule has 2 saturated heterocycles. The van der Waals surface area contributed by atoms with E-state index in [9.17, 15) is 4.79 Å². The van der Waals surface area contributed by atoms with Crippen LogP contribution in [0.4, 0.5) is 11.5 Å². The highest BCUT2D eigenvalue weighted by Gasteiger charge is 2.29. The lowest BCUT2D eigenvalue weighted by Gasteiger charge is -2.40. The maximum absolute atomic E-state index is 12.7. The Morgan fingerprint density at radius 3 is 2.50 bits per heavy atom. The highest BCUT2D eigenvalue weighted by Crippen LogP contribution is 2.23. The van der Waals surface area contributed by atoms with Crippen molar-refractivity contribution < 1.29 is 4.79 Å². The minimum atomic E-state index is -0.195. The summed E-state index contributed by atoms with van der Waals surface area (Å²) in [5.41, 5.74) is 1.16. The Bertz CT molecular complexity index is 881. The number of likely N-dealkylation sites (tertiary alicyclic amines) is 1. The molecule has 0 spiro atoms. The molecule has 2 aliphatic rings. The Labute approximate surface area is 191 Å². The fraction of sp³-hybridized carbons (Fsp3) is 0.560. The molecule has 0 bridgehead atoms. The molecule has 2 fully saturated rings. The first-order valence-corrected chi connectivity index (χ1v) is 11.9. The molecule has 0 radical (unpaired) electrons. The summed E-state index contributed by atoms with van der Waals surface area (Å²) in [4.78, 5) is 29.0. The highest BCUT2D eigenvalue weighted by molar-refractivity contribution is 6.03. The summed E-state index contributed by atoms with van der Waals surface area (Å²) in [6.07, 6.45) is 5.84. The molecule has 7 heteroatoms. The Kier molecular flexibility index (Phi) is 7.37. The van der Waals surface area contributed by atoms with E-state index < -0.39 is 0 Å². The third kappa shape index (κ3) is 5.64. The predicted octanol–water partition coefficient (Wildman–Crippen LogP) is 3.36. The summed E-state index contributed by atoms with van der Waals surface area (Å²) >= 11 is 0. The zero-order valence-electron chi connectivity index (χ0n) is 19.6. The summed E-state index contributed by atoms with van der Waals surface area (Å²) in [6, 6.07) is 10.6. The molecule has 0 aromatic carbocycles. The van der Waals surface area contributed by atoms with Crippen LogP contribution in [0.25, 0.3) is 0 Å². The summed E-state index contributed by atoms with van der Waals surface area (Å²) in [6.45, 7) is 13.4. The van der Waals surface area contributed by atoms with Gasteiger partial charge in [0, 0.05) is 56.3 Å². The highest BCUT2D eigenvalue weighted by atomic mass is 16.1. The zero-order valence-corrected chi connectivity index (χ0v) is 19.6. The van der Waals surface area contributed by atoms with Crippen molar-refractivity contribution in [1.82, 2.24) is 19.8 Å². The lowest BCUT2D eigenvalue weighted by atomic mass is 10.0. The third-order valence-electron chi connectivity index (χ3n) is 6.71. The molecule has 1 unspecified atom stereocenters. The zero-order chi connectivity index (χ0) is 22.5. The number of carbonyl (C=O) groups excluding carboxylic acids is 1. The van der Waals surface area contributed by atoms with Gasteiger partial charge in [-0.1, -0.05) is 13.0 Å². The van der Waals surface area contributed by atoms with Crippen LogP contribution in [-0.2, 0) is 0 Å². The maximum Gasteiger partial charge on any atom is 0.274 e. The Morgan fingerprint density at radius 2 is 1.78 bits per heavy atom. The summed E-state index contributed by atoms with van der Waals surface area (Å²) in [5.74, 6) is 1.24. The van der Waals surface area contributed by atoms with Crippen molar-refractivity contribution in [2.45, 2.75) is 45.7 Å². The molecule has 4 rings (SSSR count). The molecule has 1 N–H and O–H groups in total. The van der Waals surface area contributed by atoms with Gasteiger partial charge < -0.3 is 15.1 Å². The van der Waals surface area contributed by atoms with E-state index in [4.69, 9.17) is 4.98 Å². The van der Waals surface area contributed by atoms with E-state index in [0.717, 1.165) is 37.7 Å². The number of piperidine rings is 1. The molecular formula is C25H36N6O. The normalized spacial score (nSPS) is 21.5. The van der Waals surface area contributed by atoms with Gasteiger partial charge in [-0.15, -0.1) is 0 Å². The van der Waals surface area contributed by atoms with E-state index in [-0.39, 0.29) is 5.91 Å². The summed E-state index contributed by atoms with van der Waals surface area (Å²) in [5, 5.41) is 2.90. The molecular weight excluding hydrogens is 400 g/mol. The number of amides is 1. The van der Waals surface area contributed by atoms with Gasteiger partial charge in [-0.3, -0.25) is 14.7 Å². The number of anilines is 2. The Balaban J connectivity index is 1.39. The standard InChI is InChI=1S/C25H36N6O/c1-19(2)29-13-9-22(10-14-29)30-15-16-31(18-20(3)17-30)24-6-4-5-23(28-24)25(32)27-21-7-11-26-12-8-21/h4-8,11-12,19-20,22H,9-10,13-18H2,1-3H3,(H,26,27,32). The molecule has 32 heavy (non-hydrogen) atoms. The molecule has 1 atom stereocenters. The molecule has 7 nitrogen and oxygen atoms in total. The molecule has 2 aromatic rings. The number of nitrogens with zero attached hydrogens (tertiary/aromatic N) is 5. The maximum atomic E-state index is 12.7. The molecule has 0 aliphatic carbocycles. The molecule has 4 heterocycles. The van der Waals surface area contributed by atoms with Gasteiger partial charge in [0.05, 0.1) is 0 Å². The van der Waals surface area contributed by atoms with Crippen LogP contribution in [0.15, 0.2) is 42.7 Å². The number of nitrogens with one attached hydrogen (secondary N) is 1. The smallest absolute Gasteiger partial charge is 0.274 e. The van der Waals surface area contributed by atoms with E-state index in [2.05, 4.69) is 45.8 Å². The van der Waals surface area contributed by atoms with Crippen LogP contribution in [0.1, 0.15) is 44.1 Å². The van der Waals surface area contributed by atoms with Crippen LogP contribution >= 0.6 is 0 Å². The van der Waals surface area contributed by atoms with Crippen molar-refractivity contribution in [3.8, 4) is 0 Å². The minimum absolute atomic E-state index is 0.195. The van der Waals surface area contributed by atoms with E-state index in [1.54, 1.807) is 30.6 Å². The first-order valence-electron chi connectivity index (χ1n) is 11.9. The second-order valence-electron chi connectivity index (χ2n) is 9.48. The van der Waals surface area contributed by atoms with Gasteiger partial charge in [0.1, 0.15) is 11.5 Å². The van der Waals surface area contributed by atoms with Crippen molar-refractivity contribution >= 4 is 17.4 Å². The van der Waals surface area contributed by atoms with Crippen LogP contribution in [-0.4, -0.2) is 77.0 Å². The van der Waals surface area contributed by atoms with Crippen LogP contribution < -0.4 is 10.2 Å². The largest absolute Gasteiger partial charge is 0.355 e. The van der Waals surface area contributed by atoms with Crippen LogP contribution in [0, 0.1) is 5.92 Å². The number of hydrogen-bond donors (Lipinski definition) is 1. The van der Waals surface area contributed by atoms with Crippen molar-refractivity contribution in [2.75, 3.05) is 49.5 Å². The van der Waals surface area contributed by atoms with E-state index in [1.807, 2.05) is 12.1 Å². The van der Waals surface area contributed by atoms with E-state index in [0.29, 0.717) is 23.7 Å². The van der Waals surface area contributed by atoms with Gasteiger partial charge in [0.25, 0.3) is 5.91 Å². The number of rotatable bonds is 5. The second kappa shape index (κ2) is 10.4. The molecule has 0 saturated carbocycles. The average molecular weight is 437 g/mol. The summed E-state index contributed by atoms with van der Waals surface area (Å²) < 4.78 is 0. The van der Waals surface area contributed by atoms with Crippen LogP contribution in [0.3, 0.4) is 0 Å². The van der Waals surface area contributed by atoms with Crippen molar-refractivity contribution in [3.05, 3.63) is 48.4 Å². The lowest BCUT2D eigenvalue weighted by Crippen LogP contribution is -2.48. The number of pyridine rings is 2. The topological polar surface area (TPSA) is 64.6 Å².